The molecule has 1 fully saturated rings. The number of benzene rings is 1. The van der Waals surface area contributed by atoms with Gasteiger partial charge in [0.2, 0.25) is 5.95 Å². The predicted molar refractivity (Wildman–Crippen MR) is 93.1 cm³/mol. The van der Waals surface area contributed by atoms with Crippen LogP contribution in [0.4, 0.5) is 11.8 Å². The van der Waals surface area contributed by atoms with Gasteiger partial charge in [-0.25, -0.2) is 4.98 Å². The van der Waals surface area contributed by atoms with Gasteiger partial charge in [0.25, 0.3) is 0 Å². The summed E-state index contributed by atoms with van der Waals surface area (Å²) in [5.41, 5.74) is 6.98. The van der Waals surface area contributed by atoms with Crippen LogP contribution < -0.4 is 10.6 Å². The van der Waals surface area contributed by atoms with E-state index in [9.17, 15) is 0 Å². The largest absolute Gasteiger partial charge is 0.368 e. The lowest BCUT2D eigenvalue weighted by Gasteiger charge is -2.35. The second kappa shape index (κ2) is 6.81. The van der Waals surface area contributed by atoms with Crippen LogP contribution in [0.3, 0.4) is 0 Å². The molecule has 0 aliphatic carbocycles. The van der Waals surface area contributed by atoms with E-state index in [1.165, 1.54) is 5.56 Å². The molecule has 1 aliphatic rings. The molecular weight excluding hydrogens is 366 g/mol. The molecule has 0 saturated carbocycles. The minimum absolute atomic E-state index is 0.221. The third-order valence-corrected chi connectivity index (χ3v) is 4.38. The molecule has 3 rings (SSSR count). The highest BCUT2D eigenvalue weighted by Crippen LogP contribution is 2.20. The molecule has 0 spiro atoms. The second-order valence-electron chi connectivity index (χ2n) is 5.30. The number of nitrogen functional groups attached to an aromatic ring is 1. The first kappa shape index (κ1) is 15.5. The fourth-order valence-electron chi connectivity index (χ4n) is 2.61. The minimum atomic E-state index is 0.221. The van der Waals surface area contributed by atoms with E-state index in [0.717, 1.165) is 43.0 Å². The Kier molecular flexibility index (Phi) is 4.81. The van der Waals surface area contributed by atoms with Crippen LogP contribution in [0.5, 0.6) is 0 Å². The maximum Gasteiger partial charge on any atom is 0.223 e. The Morgan fingerprint density at radius 1 is 1.14 bits per heavy atom. The lowest BCUT2D eigenvalue weighted by atomic mass is 10.2. The van der Waals surface area contributed by atoms with Crippen molar-refractivity contribution in [3.05, 3.63) is 45.5 Å². The van der Waals surface area contributed by atoms with Crippen LogP contribution in [0.15, 0.2) is 34.8 Å². The number of anilines is 2. The van der Waals surface area contributed by atoms with E-state index in [1.54, 1.807) is 6.07 Å². The average molecular weight is 383 g/mol. The molecule has 1 saturated heterocycles. The molecule has 0 amide bonds. The van der Waals surface area contributed by atoms with Crippen molar-refractivity contribution in [2.45, 2.75) is 6.54 Å². The maximum atomic E-state index is 5.95. The molecule has 1 aromatic carbocycles. The van der Waals surface area contributed by atoms with E-state index in [-0.39, 0.29) is 5.95 Å². The molecular formula is C15H17BrClN5. The van der Waals surface area contributed by atoms with E-state index in [1.807, 2.05) is 6.07 Å². The minimum Gasteiger partial charge on any atom is -0.368 e. The van der Waals surface area contributed by atoms with Crippen LogP contribution in [-0.2, 0) is 6.54 Å². The van der Waals surface area contributed by atoms with Gasteiger partial charge in [-0.2, -0.15) is 4.98 Å². The summed E-state index contributed by atoms with van der Waals surface area (Å²) >= 11 is 9.46. The Hall–Kier alpha value is -1.37. The van der Waals surface area contributed by atoms with Gasteiger partial charge in [-0.1, -0.05) is 39.7 Å². The fourth-order valence-corrected chi connectivity index (χ4v) is 3.24. The molecule has 7 heteroatoms. The Bertz CT molecular complexity index is 638. The number of rotatable bonds is 3. The molecule has 5 nitrogen and oxygen atoms in total. The molecule has 0 unspecified atom stereocenters. The van der Waals surface area contributed by atoms with Crippen molar-refractivity contribution in [1.82, 2.24) is 14.9 Å². The third-order valence-electron chi connectivity index (χ3n) is 3.69. The summed E-state index contributed by atoms with van der Waals surface area (Å²) in [6, 6.07) is 10.2. The first-order valence-electron chi connectivity index (χ1n) is 7.12. The van der Waals surface area contributed by atoms with Gasteiger partial charge in [-0.05, 0) is 17.7 Å². The summed E-state index contributed by atoms with van der Waals surface area (Å²) in [5.74, 6) is 1.03. The van der Waals surface area contributed by atoms with Crippen LogP contribution in [0.2, 0.25) is 5.15 Å². The number of halogens is 2. The monoisotopic (exact) mass is 381 g/mol. The summed E-state index contributed by atoms with van der Waals surface area (Å²) in [7, 11) is 0. The highest BCUT2D eigenvalue weighted by atomic mass is 79.9. The Morgan fingerprint density at radius 3 is 2.59 bits per heavy atom. The molecule has 2 heterocycles. The van der Waals surface area contributed by atoms with Gasteiger partial charge in [0.05, 0.1) is 0 Å². The molecule has 1 aromatic heterocycles. The van der Waals surface area contributed by atoms with Gasteiger partial charge in [-0.15, -0.1) is 0 Å². The molecule has 0 radical (unpaired) electrons. The van der Waals surface area contributed by atoms with Crippen molar-refractivity contribution in [1.29, 1.82) is 0 Å². The summed E-state index contributed by atoms with van der Waals surface area (Å²) in [5, 5.41) is 0.388. The fraction of sp³-hybridized carbons (Fsp3) is 0.333. The van der Waals surface area contributed by atoms with E-state index < -0.39 is 0 Å². The van der Waals surface area contributed by atoms with E-state index in [2.05, 4.69) is 53.9 Å². The Balaban J connectivity index is 1.60. The molecule has 116 valence electrons. The average Bonchev–Trinajstić information content (AvgIpc) is 2.47. The van der Waals surface area contributed by atoms with Crippen LogP contribution in [0, 0.1) is 0 Å². The maximum absolute atomic E-state index is 5.95. The van der Waals surface area contributed by atoms with Gasteiger partial charge in [0.1, 0.15) is 11.0 Å². The zero-order valence-electron chi connectivity index (χ0n) is 12.0. The lowest BCUT2D eigenvalue weighted by Crippen LogP contribution is -2.46. The van der Waals surface area contributed by atoms with Crippen molar-refractivity contribution in [2.75, 3.05) is 36.8 Å². The highest BCUT2D eigenvalue weighted by molar-refractivity contribution is 9.10. The SMILES string of the molecule is Nc1nc(Cl)cc(N2CCN(Cc3cccc(Br)c3)CC2)n1. The third kappa shape index (κ3) is 3.88. The number of hydrogen-bond donors (Lipinski definition) is 1. The van der Waals surface area contributed by atoms with E-state index in [4.69, 9.17) is 17.3 Å². The van der Waals surface area contributed by atoms with Crippen molar-refractivity contribution >= 4 is 39.3 Å². The Morgan fingerprint density at radius 2 is 1.91 bits per heavy atom. The zero-order chi connectivity index (χ0) is 15.5. The molecule has 0 bridgehead atoms. The van der Waals surface area contributed by atoms with Crippen LogP contribution in [0.25, 0.3) is 0 Å². The normalized spacial score (nSPS) is 16.0. The first-order valence-corrected chi connectivity index (χ1v) is 8.29. The summed E-state index contributed by atoms with van der Waals surface area (Å²) in [6.07, 6.45) is 0. The summed E-state index contributed by atoms with van der Waals surface area (Å²) < 4.78 is 1.12. The number of nitrogens with zero attached hydrogens (tertiary/aromatic N) is 4. The summed E-state index contributed by atoms with van der Waals surface area (Å²) in [4.78, 5) is 12.8. The van der Waals surface area contributed by atoms with Crippen LogP contribution in [0.1, 0.15) is 5.56 Å². The van der Waals surface area contributed by atoms with Crippen LogP contribution >= 0.6 is 27.5 Å². The van der Waals surface area contributed by atoms with Gasteiger partial charge in [0, 0.05) is 43.3 Å². The van der Waals surface area contributed by atoms with Gasteiger partial charge >= 0.3 is 0 Å². The van der Waals surface area contributed by atoms with Gasteiger partial charge < -0.3 is 10.6 Å². The molecule has 0 atom stereocenters. The summed E-state index contributed by atoms with van der Waals surface area (Å²) in [6.45, 7) is 4.73. The lowest BCUT2D eigenvalue weighted by molar-refractivity contribution is 0.249. The first-order chi connectivity index (χ1) is 10.6. The number of hydrogen-bond acceptors (Lipinski definition) is 5. The Labute approximate surface area is 143 Å². The second-order valence-corrected chi connectivity index (χ2v) is 6.60. The standard InChI is InChI=1S/C15H17BrClN5/c16-12-3-1-2-11(8-12)10-21-4-6-22(7-5-21)14-9-13(17)19-15(18)20-14/h1-3,8-9H,4-7,10H2,(H2,18,19,20). The molecule has 1 aliphatic heterocycles. The van der Waals surface area contributed by atoms with E-state index in [0.29, 0.717) is 5.15 Å². The van der Waals surface area contributed by atoms with Gasteiger partial charge in [0.15, 0.2) is 0 Å². The van der Waals surface area contributed by atoms with Crippen LogP contribution in [-0.4, -0.2) is 41.0 Å². The number of piperazine rings is 1. The van der Waals surface area contributed by atoms with Crippen molar-refractivity contribution < 1.29 is 0 Å². The highest BCUT2D eigenvalue weighted by Gasteiger charge is 2.19. The number of aromatic nitrogens is 2. The predicted octanol–water partition coefficient (Wildman–Crippen LogP) is 2.80. The molecule has 2 N–H and O–H groups in total. The van der Waals surface area contributed by atoms with Crippen molar-refractivity contribution in [3.8, 4) is 0 Å². The number of nitrogens with two attached hydrogens (primary N) is 1. The molecule has 22 heavy (non-hydrogen) atoms. The quantitative estimate of drug-likeness (QED) is 0.827. The van der Waals surface area contributed by atoms with E-state index >= 15 is 0 Å². The smallest absolute Gasteiger partial charge is 0.223 e. The molecule has 2 aromatic rings. The zero-order valence-corrected chi connectivity index (χ0v) is 14.4. The van der Waals surface area contributed by atoms with Gasteiger partial charge in [-0.3, -0.25) is 4.90 Å². The van der Waals surface area contributed by atoms with Crippen molar-refractivity contribution in [2.24, 2.45) is 0 Å². The van der Waals surface area contributed by atoms with Crippen molar-refractivity contribution in [3.63, 3.8) is 0 Å². The topological polar surface area (TPSA) is 58.3 Å².